The SMILES string of the molecule is O=C(C[C@@H]1C[C@@H]2C=C[C@H]1C2)NCc1cccc(CN2CCCC2)c1. The first-order valence-corrected chi connectivity index (χ1v) is 9.51. The van der Waals surface area contributed by atoms with Crippen molar-refractivity contribution in [2.45, 2.75) is 45.2 Å². The quantitative estimate of drug-likeness (QED) is 0.812. The number of likely N-dealkylation sites (tertiary alicyclic amines) is 1. The molecule has 1 amide bonds. The van der Waals surface area contributed by atoms with E-state index in [0.29, 0.717) is 24.8 Å². The van der Waals surface area contributed by atoms with Crippen LogP contribution in [0.3, 0.4) is 0 Å². The molecule has 3 heteroatoms. The van der Waals surface area contributed by atoms with Gasteiger partial charge in [0.25, 0.3) is 0 Å². The van der Waals surface area contributed by atoms with E-state index in [0.717, 1.165) is 12.5 Å². The van der Waals surface area contributed by atoms with Crippen LogP contribution in [0, 0.1) is 17.8 Å². The van der Waals surface area contributed by atoms with Crippen LogP contribution in [-0.2, 0) is 17.9 Å². The van der Waals surface area contributed by atoms with Gasteiger partial charge in [-0.25, -0.2) is 0 Å². The van der Waals surface area contributed by atoms with Gasteiger partial charge >= 0.3 is 0 Å². The molecule has 4 rings (SSSR count). The summed E-state index contributed by atoms with van der Waals surface area (Å²) >= 11 is 0. The highest BCUT2D eigenvalue weighted by atomic mass is 16.1. The van der Waals surface area contributed by atoms with Crippen molar-refractivity contribution in [2.75, 3.05) is 13.1 Å². The summed E-state index contributed by atoms with van der Waals surface area (Å²) in [5, 5.41) is 3.13. The maximum Gasteiger partial charge on any atom is 0.220 e. The van der Waals surface area contributed by atoms with Crippen LogP contribution in [0.15, 0.2) is 36.4 Å². The molecule has 0 aromatic heterocycles. The van der Waals surface area contributed by atoms with E-state index in [1.54, 1.807) is 0 Å². The molecule has 1 saturated carbocycles. The van der Waals surface area contributed by atoms with E-state index in [4.69, 9.17) is 0 Å². The van der Waals surface area contributed by atoms with Gasteiger partial charge in [-0.3, -0.25) is 9.69 Å². The Morgan fingerprint density at radius 2 is 1.96 bits per heavy atom. The van der Waals surface area contributed by atoms with Crippen molar-refractivity contribution < 1.29 is 4.79 Å². The third kappa shape index (κ3) is 3.72. The molecule has 0 unspecified atom stereocenters. The standard InChI is InChI=1S/C21H28N2O/c24-21(13-20-12-16-6-7-19(20)11-16)22-14-17-4-3-5-18(10-17)15-23-8-1-2-9-23/h3-7,10,16,19-20H,1-2,8-9,11-15H2,(H,22,24)/t16-,19+,20+/m1/s1. The fourth-order valence-electron chi connectivity index (χ4n) is 4.68. The van der Waals surface area contributed by atoms with Gasteiger partial charge in [0.2, 0.25) is 5.91 Å². The summed E-state index contributed by atoms with van der Waals surface area (Å²) < 4.78 is 0. The van der Waals surface area contributed by atoms with E-state index >= 15 is 0 Å². The number of fused-ring (bicyclic) bond motifs is 2. The fraction of sp³-hybridized carbons (Fsp3) is 0.571. The number of carbonyl (C=O) groups is 1. The Kier molecular flexibility index (Phi) is 4.70. The van der Waals surface area contributed by atoms with Gasteiger partial charge in [0.1, 0.15) is 0 Å². The van der Waals surface area contributed by atoms with Gasteiger partial charge in [-0.15, -0.1) is 0 Å². The first kappa shape index (κ1) is 15.9. The maximum absolute atomic E-state index is 12.3. The minimum Gasteiger partial charge on any atom is -0.352 e. The topological polar surface area (TPSA) is 32.3 Å². The van der Waals surface area contributed by atoms with Crippen LogP contribution in [0.2, 0.25) is 0 Å². The normalized spacial score (nSPS) is 28.6. The monoisotopic (exact) mass is 324 g/mol. The highest BCUT2D eigenvalue weighted by Gasteiger charge is 2.36. The summed E-state index contributed by atoms with van der Waals surface area (Å²) in [6.07, 6.45) is 10.5. The minimum atomic E-state index is 0.214. The molecular formula is C21H28N2O. The van der Waals surface area contributed by atoms with Crippen molar-refractivity contribution in [1.82, 2.24) is 10.2 Å². The van der Waals surface area contributed by atoms with Crippen LogP contribution < -0.4 is 5.32 Å². The van der Waals surface area contributed by atoms with Crippen molar-refractivity contribution in [3.05, 3.63) is 47.5 Å². The number of hydrogen-bond donors (Lipinski definition) is 1. The van der Waals surface area contributed by atoms with E-state index in [1.807, 2.05) is 0 Å². The molecule has 0 spiro atoms. The zero-order valence-electron chi connectivity index (χ0n) is 14.4. The molecule has 24 heavy (non-hydrogen) atoms. The smallest absolute Gasteiger partial charge is 0.220 e. The van der Waals surface area contributed by atoms with E-state index in [9.17, 15) is 4.79 Å². The van der Waals surface area contributed by atoms with Crippen molar-refractivity contribution in [1.29, 1.82) is 0 Å². The number of allylic oxidation sites excluding steroid dienone is 2. The molecule has 1 saturated heterocycles. The third-order valence-electron chi connectivity index (χ3n) is 5.95. The summed E-state index contributed by atoms with van der Waals surface area (Å²) in [6, 6.07) is 8.69. The molecule has 0 radical (unpaired) electrons. The molecule has 3 atom stereocenters. The van der Waals surface area contributed by atoms with Gasteiger partial charge in [0, 0.05) is 19.5 Å². The van der Waals surface area contributed by atoms with Crippen LogP contribution in [0.4, 0.5) is 0 Å². The van der Waals surface area contributed by atoms with Gasteiger partial charge in [-0.2, -0.15) is 0 Å². The number of rotatable bonds is 6. The van der Waals surface area contributed by atoms with Crippen molar-refractivity contribution in [3.8, 4) is 0 Å². The second kappa shape index (κ2) is 7.10. The highest BCUT2D eigenvalue weighted by Crippen LogP contribution is 2.44. The summed E-state index contributed by atoms with van der Waals surface area (Å²) in [7, 11) is 0. The molecule has 1 N–H and O–H groups in total. The molecule has 2 bridgehead atoms. The zero-order chi connectivity index (χ0) is 16.4. The molecule has 1 aromatic carbocycles. The van der Waals surface area contributed by atoms with Crippen molar-refractivity contribution >= 4 is 5.91 Å². The number of amides is 1. The van der Waals surface area contributed by atoms with Gasteiger partial charge in [-0.05, 0) is 67.7 Å². The van der Waals surface area contributed by atoms with Gasteiger partial charge in [-0.1, -0.05) is 36.4 Å². The molecule has 1 aliphatic heterocycles. The lowest BCUT2D eigenvalue weighted by Crippen LogP contribution is -2.26. The molecule has 2 fully saturated rings. The van der Waals surface area contributed by atoms with Crippen LogP contribution >= 0.6 is 0 Å². The number of nitrogens with zero attached hydrogens (tertiary/aromatic N) is 1. The summed E-state index contributed by atoms with van der Waals surface area (Å²) in [4.78, 5) is 14.8. The Morgan fingerprint density at radius 3 is 2.71 bits per heavy atom. The second-order valence-corrected chi connectivity index (χ2v) is 7.82. The molecular weight excluding hydrogens is 296 g/mol. The lowest BCUT2D eigenvalue weighted by molar-refractivity contribution is -0.122. The maximum atomic E-state index is 12.3. The van der Waals surface area contributed by atoms with Crippen molar-refractivity contribution in [3.63, 3.8) is 0 Å². The van der Waals surface area contributed by atoms with Crippen LogP contribution in [-0.4, -0.2) is 23.9 Å². The minimum absolute atomic E-state index is 0.214. The highest BCUT2D eigenvalue weighted by molar-refractivity contribution is 5.76. The Hall–Kier alpha value is -1.61. The molecule has 1 heterocycles. The van der Waals surface area contributed by atoms with Crippen molar-refractivity contribution in [2.24, 2.45) is 17.8 Å². The first-order chi connectivity index (χ1) is 11.8. The van der Waals surface area contributed by atoms with Gasteiger partial charge in [0.15, 0.2) is 0 Å². The van der Waals surface area contributed by atoms with Crippen LogP contribution in [0.25, 0.3) is 0 Å². The summed E-state index contributed by atoms with van der Waals surface area (Å²) in [5.41, 5.74) is 2.58. The predicted octanol–water partition coefficient (Wildman–Crippen LogP) is 3.50. The predicted molar refractivity (Wildman–Crippen MR) is 96.3 cm³/mol. The largest absolute Gasteiger partial charge is 0.352 e. The Bertz CT molecular complexity index is 618. The van der Waals surface area contributed by atoms with E-state index < -0.39 is 0 Å². The number of hydrogen-bond acceptors (Lipinski definition) is 2. The summed E-state index contributed by atoms with van der Waals surface area (Å²) in [6.45, 7) is 4.14. The average Bonchev–Trinajstić information content (AvgIpc) is 3.31. The Labute approximate surface area is 145 Å². The fourth-order valence-corrected chi connectivity index (χ4v) is 4.68. The molecule has 1 aromatic rings. The van der Waals surface area contributed by atoms with E-state index in [-0.39, 0.29) is 5.91 Å². The van der Waals surface area contributed by atoms with E-state index in [1.165, 1.54) is 49.9 Å². The molecule has 3 nitrogen and oxygen atoms in total. The first-order valence-electron chi connectivity index (χ1n) is 9.51. The summed E-state index contributed by atoms with van der Waals surface area (Å²) in [5.74, 6) is 2.19. The molecule has 2 aliphatic carbocycles. The number of nitrogens with one attached hydrogen (secondary N) is 1. The Balaban J connectivity index is 1.26. The lowest BCUT2D eigenvalue weighted by Gasteiger charge is -2.18. The number of carbonyl (C=O) groups excluding carboxylic acids is 1. The molecule has 3 aliphatic rings. The van der Waals surface area contributed by atoms with Gasteiger partial charge in [0.05, 0.1) is 0 Å². The zero-order valence-corrected chi connectivity index (χ0v) is 14.4. The van der Waals surface area contributed by atoms with Crippen LogP contribution in [0.1, 0.15) is 43.2 Å². The number of benzene rings is 1. The van der Waals surface area contributed by atoms with E-state index in [2.05, 4.69) is 46.6 Å². The lowest BCUT2D eigenvalue weighted by atomic mass is 9.90. The second-order valence-electron chi connectivity index (χ2n) is 7.82. The average molecular weight is 324 g/mol. The Morgan fingerprint density at radius 1 is 1.12 bits per heavy atom. The molecule has 128 valence electrons. The third-order valence-corrected chi connectivity index (χ3v) is 5.95. The van der Waals surface area contributed by atoms with Crippen LogP contribution in [0.5, 0.6) is 0 Å². The van der Waals surface area contributed by atoms with Gasteiger partial charge < -0.3 is 5.32 Å².